The molecule has 18 heavy (non-hydrogen) atoms. The van der Waals surface area contributed by atoms with Crippen LogP contribution in [0.15, 0.2) is 0 Å². The zero-order chi connectivity index (χ0) is 13.3. The van der Waals surface area contributed by atoms with Crippen molar-refractivity contribution in [3.8, 4) is 0 Å². The van der Waals surface area contributed by atoms with Crippen LogP contribution in [0, 0.1) is 17.8 Å². The highest BCUT2D eigenvalue weighted by atomic mass is 16.4. The SMILES string of the molecule is CCCC(CN1C(=O)C2CCC(C2)C1=O)C(=O)O. The molecule has 3 atom stereocenters. The summed E-state index contributed by atoms with van der Waals surface area (Å²) in [5.74, 6) is -1.96. The number of amides is 2. The van der Waals surface area contributed by atoms with Crippen molar-refractivity contribution >= 4 is 17.8 Å². The molecule has 2 rings (SSSR count). The van der Waals surface area contributed by atoms with E-state index in [-0.39, 0.29) is 30.2 Å². The maximum absolute atomic E-state index is 12.1. The minimum atomic E-state index is -0.921. The van der Waals surface area contributed by atoms with E-state index < -0.39 is 11.9 Å². The van der Waals surface area contributed by atoms with E-state index in [4.69, 9.17) is 5.11 Å². The summed E-state index contributed by atoms with van der Waals surface area (Å²) < 4.78 is 0. The van der Waals surface area contributed by atoms with Crippen molar-refractivity contribution in [1.29, 1.82) is 0 Å². The van der Waals surface area contributed by atoms with E-state index in [9.17, 15) is 14.4 Å². The number of nitrogens with zero attached hydrogens (tertiary/aromatic N) is 1. The number of aliphatic carboxylic acids is 1. The van der Waals surface area contributed by atoms with E-state index in [0.717, 1.165) is 19.3 Å². The first kappa shape index (κ1) is 13.1. The largest absolute Gasteiger partial charge is 0.481 e. The molecule has 0 aromatic carbocycles. The number of hydrogen-bond donors (Lipinski definition) is 1. The summed E-state index contributed by atoms with van der Waals surface area (Å²) in [5.41, 5.74) is 0. The second-order valence-electron chi connectivity index (χ2n) is 5.32. The number of imide groups is 1. The summed E-state index contributed by atoms with van der Waals surface area (Å²) in [5, 5.41) is 9.11. The maximum atomic E-state index is 12.1. The minimum Gasteiger partial charge on any atom is -0.481 e. The molecule has 1 aliphatic heterocycles. The van der Waals surface area contributed by atoms with Crippen molar-refractivity contribution in [1.82, 2.24) is 4.90 Å². The smallest absolute Gasteiger partial charge is 0.308 e. The third-order valence-corrected chi connectivity index (χ3v) is 4.05. The lowest BCUT2D eigenvalue weighted by Gasteiger charge is -2.31. The molecule has 2 aliphatic rings. The van der Waals surface area contributed by atoms with E-state index in [1.54, 1.807) is 0 Å². The van der Waals surface area contributed by atoms with Crippen molar-refractivity contribution in [2.45, 2.75) is 39.0 Å². The number of carbonyl (C=O) groups is 3. The van der Waals surface area contributed by atoms with Crippen LogP contribution in [0.5, 0.6) is 0 Å². The summed E-state index contributed by atoms with van der Waals surface area (Å²) in [6, 6.07) is 0. The Morgan fingerprint density at radius 3 is 2.33 bits per heavy atom. The molecule has 5 nitrogen and oxygen atoms in total. The molecule has 0 aromatic rings. The van der Waals surface area contributed by atoms with Gasteiger partial charge in [-0.3, -0.25) is 19.3 Å². The van der Waals surface area contributed by atoms with Gasteiger partial charge >= 0.3 is 5.97 Å². The van der Waals surface area contributed by atoms with E-state index in [0.29, 0.717) is 12.8 Å². The molecule has 1 aliphatic carbocycles. The van der Waals surface area contributed by atoms with Crippen molar-refractivity contribution in [3.05, 3.63) is 0 Å². The van der Waals surface area contributed by atoms with E-state index in [1.807, 2.05) is 6.92 Å². The van der Waals surface area contributed by atoms with Gasteiger partial charge in [0.05, 0.1) is 5.92 Å². The summed E-state index contributed by atoms with van der Waals surface area (Å²) >= 11 is 0. The molecule has 3 unspecified atom stereocenters. The highest BCUT2D eigenvalue weighted by molar-refractivity contribution is 6.01. The van der Waals surface area contributed by atoms with Crippen molar-refractivity contribution in [2.75, 3.05) is 6.54 Å². The first-order chi connectivity index (χ1) is 8.54. The molecule has 1 N–H and O–H groups in total. The van der Waals surface area contributed by atoms with Crippen LogP contribution in [0.25, 0.3) is 0 Å². The number of carboxylic acids is 1. The van der Waals surface area contributed by atoms with Gasteiger partial charge in [-0.25, -0.2) is 0 Å². The number of hydrogen-bond acceptors (Lipinski definition) is 3. The monoisotopic (exact) mass is 253 g/mol. The molecule has 1 saturated heterocycles. The lowest BCUT2D eigenvalue weighted by atomic mass is 9.94. The summed E-state index contributed by atoms with van der Waals surface area (Å²) in [7, 11) is 0. The second kappa shape index (κ2) is 5.08. The Morgan fingerprint density at radius 1 is 1.33 bits per heavy atom. The Morgan fingerprint density at radius 2 is 1.89 bits per heavy atom. The number of piperidine rings is 1. The number of carbonyl (C=O) groups excluding carboxylic acids is 2. The average molecular weight is 253 g/mol. The highest BCUT2D eigenvalue weighted by Crippen LogP contribution is 2.38. The zero-order valence-electron chi connectivity index (χ0n) is 10.6. The fourth-order valence-corrected chi connectivity index (χ4v) is 3.02. The van der Waals surface area contributed by atoms with Gasteiger partial charge in [-0.05, 0) is 25.7 Å². The molecule has 0 radical (unpaired) electrons. The molecule has 1 saturated carbocycles. The first-order valence-electron chi connectivity index (χ1n) is 6.62. The van der Waals surface area contributed by atoms with Crippen molar-refractivity contribution in [3.63, 3.8) is 0 Å². The van der Waals surface area contributed by atoms with Gasteiger partial charge in [0.1, 0.15) is 0 Å². The van der Waals surface area contributed by atoms with Gasteiger partial charge in [-0.15, -0.1) is 0 Å². The number of rotatable bonds is 5. The highest BCUT2D eigenvalue weighted by Gasteiger charge is 2.45. The van der Waals surface area contributed by atoms with Gasteiger partial charge in [0.15, 0.2) is 0 Å². The van der Waals surface area contributed by atoms with Crippen LogP contribution in [0.2, 0.25) is 0 Å². The molecule has 100 valence electrons. The predicted octanol–water partition coefficient (Wildman–Crippen LogP) is 1.27. The van der Waals surface area contributed by atoms with Gasteiger partial charge in [0.25, 0.3) is 0 Å². The molecule has 0 aromatic heterocycles. The molecule has 2 fully saturated rings. The van der Waals surface area contributed by atoms with Gasteiger partial charge in [0, 0.05) is 18.4 Å². The number of fused-ring (bicyclic) bond motifs is 2. The van der Waals surface area contributed by atoms with E-state index >= 15 is 0 Å². The number of likely N-dealkylation sites (tertiary alicyclic amines) is 1. The molecule has 2 amide bonds. The lowest BCUT2D eigenvalue weighted by molar-refractivity contribution is -0.155. The van der Waals surface area contributed by atoms with Gasteiger partial charge < -0.3 is 5.11 Å². The zero-order valence-corrected chi connectivity index (χ0v) is 10.6. The van der Waals surface area contributed by atoms with Gasteiger partial charge in [0.2, 0.25) is 11.8 Å². The van der Waals surface area contributed by atoms with Crippen LogP contribution in [0.4, 0.5) is 0 Å². The van der Waals surface area contributed by atoms with Crippen LogP contribution in [-0.2, 0) is 14.4 Å². The Hall–Kier alpha value is -1.39. The Labute approximate surface area is 106 Å². The molecular formula is C13H19NO4. The molecule has 5 heteroatoms. The third kappa shape index (κ3) is 2.26. The Bertz CT molecular complexity index is 357. The second-order valence-corrected chi connectivity index (χ2v) is 5.32. The van der Waals surface area contributed by atoms with Crippen molar-refractivity contribution in [2.24, 2.45) is 17.8 Å². The van der Waals surface area contributed by atoms with Crippen LogP contribution in [0.1, 0.15) is 39.0 Å². The maximum Gasteiger partial charge on any atom is 0.308 e. The van der Waals surface area contributed by atoms with Crippen LogP contribution < -0.4 is 0 Å². The predicted molar refractivity (Wildman–Crippen MR) is 63.6 cm³/mol. The van der Waals surface area contributed by atoms with Crippen LogP contribution >= 0.6 is 0 Å². The quantitative estimate of drug-likeness (QED) is 0.749. The van der Waals surface area contributed by atoms with Gasteiger partial charge in [-0.1, -0.05) is 13.3 Å². The molecular weight excluding hydrogens is 234 g/mol. The first-order valence-corrected chi connectivity index (χ1v) is 6.62. The summed E-state index contributed by atoms with van der Waals surface area (Å²) in [6.45, 7) is 1.95. The van der Waals surface area contributed by atoms with Crippen LogP contribution in [-0.4, -0.2) is 34.3 Å². The Kier molecular flexibility index (Phi) is 3.68. The fraction of sp³-hybridized carbons (Fsp3) is 0.769. The Balaban J connectivity index is 2.09. The third-order valence-electron chi connectivity index (χ3n) is 4.05. The molecule has 1 heterocycles. The summed E-state index contributed by atoms with van der Waals surface area (Å²) in [6.07, 6.45) is 3.45. The van der Waals surface area contributed by atoms with Crippen LogP contribution in [0.3, 0.4) is 0 Å². The standard InChI is InChI=1S/C13H19NO4/c1-2-3-10(13(17)18)7-14-11(15)8-4-5-9(6-8)12(14)16/h8-10H,2-7H2,1H3,(H,17,18). The lowest BCUT2D eigenvalue weighted by Crippen LogP contribution is -2.49. The minimum absolute atomic E-state index is 0.0494. The average Bonchev–Trinajstić information content (AvgIpc) is 2.77. The normalized spacial score (nSPS) is 28.6. The fourth-order valence-electron chi connectivity index (χ4n) is 3.02. The molecule has 2 bridgehead atoms. The van der Waals surface area contributed by atoms with E-state index in [2.05, 4.69) is 0 Å². The molecule has 0 spiro atoms. The topological polar surface area (TPSA) is 74.7 Å². The van der Waals surface area contributed by atoms with Crippen molar-refractivity contribution < 1.29 is 19.5 Å². The number of carboxylic acid groups (broad SMARTS) is 1. The summed E-state index contributed by atoms with van der Waals surface area (Å²) in [4.78, 5) is 36.5. The van der Waals surface area contributed by atoms with E-state index in [1.165, 1.54) is 4.90 Å². The van der Waals surface area contributed by atoms with Gasteiger partial charge in [-0.2, -0.15) is 0 Å².